The SMILES string of the molecule is Cn1nc2c(c1CN1CCC(Cn3nc(C(C)(C)C)ccc3=O)CC1)CCCC2. The van der Waals surface area contributed by atoms with Gasteiger partial charge < -0.3 is 0 Å². The molecule has 0 amide bonds. The predicted octanol–water partition coefficient (Wildman–Crippen LogP) is 3.07. The van der Waals surface area contributed by atoms with Crippen molar-refractivity contribution in [2.75, 3.05) is 13.1 Å². The first-order valence-corrected chi connectivity index (χ1v) is 11.2. The average molecular weight is 398 g/mol. The van der Waals surface area contributed by atoms with Crippen LogP contribution in [-0.2, 0) is 38.4 Å². The lowest BCUT2D eigenvalue weighted by atomic mass is 9.92. The monoisotopic (exact) mass is 397 g/mol. The van der Waals surface area contributed by atoms with Gasteiger partial charge in [-0.2, -0.15) is 10.2 Å². The molecule has 158 valence electrons. The highest BCUT2D eigenvalue weighted by molar-refractivity contribution is 5.28. The van der Waals surface area contributed by atoms with Crippen LogP contribution in [0, 0.1) is 5.92 Å². The number of likely N-dealkylation sites (tertiary alicyclic amines) is 1. The summed E-state index contributed by atoms with van der Waals surface area (Å²) in [6.45, 7) is 10.3. The van der Waals surface area contributed by atoms with Gasteiger partial charge in [0.2, 0.25) is 0 Å². The van der Waals surface area contributed by atoms with Gasteiger partial charge in [-0.05, 0) is 69.2 Å². The molecule has 1 fully saturated rings. The first-order chi connectivity index (χ1) is 13.8. The van der Waals surface area contributed by atoms with Crippen molar-refractivity contribution in [3.8, 4) is 0 Å². The van der Waals surface area contributed by atoms with Crippen molar-refractivity contribution >= 4 is 0 Å². The van der Waals surface area contributed by atoms with Crippen LogP contribution in [0.3, 0.4) is 0 Å². The summed E-state index contributed by atoms with van der Waals surface area (Å²) < 4.78 is 3.81. The van der Waals surface area contributed by atoms with E-state index in [9.17, 15) is 4.79 Å². The van der Waals surface area contributed by atoms with E-state index < -0.39 is 0 Å². The summed E-state index contributed by atoms with van der Waals surface area (Å²) in [4.78, 5) is 14.9. The maximum Gasteiger partial charge on any atom is 0.266 e. The summed E-state index contributed by atoms with van der Waals surface area (Å²) in [5.41, 5.74) is 5.20. The minimum atomic E-state index is -0.0406. The van der Waals surface area contributed by atoms with Crippen molar-refractivity contribution in [3.63, 3.8) is 0 Å². The zero-order chi connectivity index (χ0) is 20.6. The van der Waals surface area contributed by atoms with Crippen molar-refractivity contribution in [3.05, 3.63) is 45.1 Å². The molecule has 6 nitrogen and oxygen atoms in total. The Morgan fingerprint density at radius 2 is 1.79 bits per heavy atom. The summed E-state index contributed by atoms with van der Waals surface area (Å²) in [7, 11) is 2.10. The lowest BCUT2D eigenvalue weighted by Crippen LogP contribution is -2.37. The standard InChI is InChI=1S/C23H35N5O/c1-23(2,3)21-9-10-22(29)28(25-21)15-17-11-13-27(14-12-17)16-20-18-7-5-6-8-19(18)24-26(20)4/h9-10,17H,5-8,11-16H2,1-4H3. The van der Waals surface area contributed by atoms with Gasteiger partial charge in [0.15, 0.2) is 0 Å². The Balaban J connectivity index is 1.37. The van der Waals surface area contributed by atoms with Crippen LogP contribution in [0.4, 0.5) is 0 Å². The van der Waals surface area contributed by atoms with Crippen LogP contribution in [0.2, 0.25) is 0 Å². The van der Waals surface area contributed by atoms with E-state index in [1.165, 1.54) is 36.2 Å². The molecular formula is C23H35N5O. The van der Waals surface area contributed by atoms with Crippen LogP contribution >= 0.6 is 0 Å². The molecule has 0 saturated carbocycles. The van der Waals surface area contributed by atoms with E-state index in [0.29, 0.717) is 5.92 Å². The van der Waals surface area contributed by atoms with Crippen LogP contribution in [0.15, 0.2) is 16.9 Å². The fraction of sp³-hybridized carbons (Fsp3) is 0.696. The molecular weight excluding hydrogens is 362 g/mol. The summed E-state index contributed by atoms with van der Waals surface area (Å²) >= 11 is 0. The molecule has 0 bridgehead atoms. The van der Waals surface area contributed by atoms with Gasteiger partial charge >= 0.3 is 0 Å². The number of fused-ring (bicyclic) bond motifs is 1. The van der Waals surface area contributed by atoms with Gasteiger partial charge in [0.25, 0.3) is 5.56 Å². The van der Waals surface area contributed by atoms with Crippen LogP contribution in [-0.4, -0.2) is 37.6 Å². The van der Waals surface area contributed by atoms with Crippen LogP contribution < -0.4 is 5.56 Å². The Bertz CT molecular complexity index is 912. The largest absolute Gasteiger partial charge is 0.297 e. The fourth-order valence-electron chi connectivity index (χ4n) is 4.71. The fourth-order valence-corrected chi connectivity index (χ4v) is 4.71. The summed E-state index contributed by atoms with van der Waals surface area (Å²) in [6, 6.07) is 3.55. The van der Waals surface area contributed by atoms with E-state index in [-0.39, 0.29) is 11.0 Å². The Morgan fingerprint density at radius 3 is 2.52 bits per heavy atom. The highest BCUT2D eigenvalue weighted by atomic mass is 16.1. The maximum absolute atomic E-state index is 12.3. The van der Waals surface area contributed by atoms with E-state index in [1.54, 1.807) is 10.7 Å². The zero-order valence-electron chi connectivity index (χ0n) is 18.4. The topological polar surface area (TPSA) is 56.0 Å². The highest BCUT2D eigenvalue weighted by Crippen LogP contribution is 2.27. The molecule has 1 aliphatic carbocycles. The highest BCUT2D eigenvalue weighted by Gasteiger charge is 2.25. The molecule has 1 saturated heterocycles. The van der Waals surface area contributed by atoms with Gasteiger partial charge in [-0.3, -0.25) is 14.4 Å². The van der Waals surface area contributed by atoms with E-state index >= 15 is 0 Å². The molecule has 2 aromatic heterocycles. The number of aromatic nitrogens is 4. The van der Waals surface area contributed by atoms with Crippen LogP contribution in [0.25, 0.3) is 0 Å². The number of aryl methyl sites for hydroxylation is 2. The van der Waals surface area contributed by atoms with Crippen molar-refractivity contribution in [1.82, 2.24) is 24.5 Å². The van der Waals surface area contributed by atoms with E-state index in [1.807, 2.05) is 6.07 Å². The number of rotatable bonds is 4. The number of hydrogen-bond donors (Lipinski definition) is 0. The molecule has 0 atom stereocenters. The van der Waals surface area contributed by atoms with Crippen molar-refractivity contribution < 1.29 is 0 Å². The number of piperidine rings is 1. The zero-order valence-corrected chi connectivity index (χ0v) is 18.4. The van der Waals surface area contributed by atoms with Crippen molar-refractivity contribution in [1.29, 1.82) is 0 Å². The lowest BCUT2D eigenvalue weighted by molar-refractivity contribution is 0.159. The molecule has 0 N–H and O–H groups in total. The normalized spacial score (nSPS) is 18.8. The van der Waals surface area contributed by atoms with E-state index in [0.717, 1.165) is 51.1 Å². The average Bonchev–Trinajstić information content (AvgIpc) is 2.99. The molecule has 29 heavy (non-hydrogen) atoms. The van der Waals surface area contributed by atoms with Crippen molar-refractivity contribution in [2.24, 2.45) is 13.0 Å². The third-order valence-corrected chi connectivity index (χ3v) is 6.60. The molecule has 0 aromatic carbocycles. The molecule has 2 aromatic rings. The third-order valence-electron chi connectivity index (χ3n) is 6.60. The minimum Gasteiger partial charge on any atom is -0.297 e. The Hall–Kier alpha value is -1.95. The Morgan fingerprint density at radius 1 is 1.07 bits per heavy atom. The smallest absolute Gasteiger partial charge is 0.266 e. The van der Waals surface area contributed by atoms with E-state index in [4.69, 9.17) is 5.10 Å². The lowest BCUT2D eigenvalue weighted by Gasteiger charge is -2.32. The first kappa shape index (κ1) is 20.3. The molecule has 3 heterocycles. The van der Waals surface area contributed by atoms with E-state index in [2.05, 4.69) is 42.5 Å². The van der Waals surface area contributed by atoms with Crippen LogP contribution in [0.5, 0.6) is 0 Å². The third kappa shape index (κ3) is 4.47. The second-order valence-corrected chi connectivity index (χ2v) is 9.91. The number of nitrogens with zero attached hydrogens (tertiary/aromatic N) is 5. The molecule has 0 spiro atoms. The maximum atomic E-state index is 12.3. The van der Waals surface area contributed by atoms with Gasteiger partial charge in [0.1, 0.15) is 0 Å². The van der Waals surface area contributed by atoms with Crippen molar-refractivity contribution in [2.45, 2.75) is 77.8 Å². The van der Waals surface area contributed by atoms with Gasteiger partial charge in [0.05, 0.1) is 17.1 Å². The molecule has 1 aliphatic heterocycles. The first-order valence-electron chi connectivity index (χ1n) is 11.2. The van der Waals surface area contributed by atoms with Gasteiger partial charge in [-0.15, -0.1) is 0 Å². The second-order valence-electron chi connectivity index (χ2n) is 9.91. The predicted molar refractivity (Wildman–Crippen MR) is 115 cm³/mol. The van der Waals surface area contributed by atoms with Gasteiger partial charge in [0, 0.05) is 31.6 Å². The quantitative estimate of drug-likeness (QED) is 0.796. The second kappa shape index (κ2) is 8.05. The summed E-state index contributed by atoms with van der Waals surface area (Å²) in [5, 5.41) is 9.43. The Kier molecular flexibility index (Phi) is 5.65. The van der Waals surface area contributed by atoms with Gasteiger partial charge in [-0.25, -0.2) is 4.68 Å². The molecule has 0 unspecified atom stereocenters. The summed E-state index contributed by atoms with van der Waals surface area (Å²) in [6.07, 6.45) is 7.14. The minimum absolute atomic E-state index is 0.0157. The number of hydrogen-bond acceptors (Lipinski definition) is 4. The molecule has 2 aliphatic rings. The van der Waals surface area contributed by atoms with Crippen LogP contribution in [0.1, 0.15) is 69.1 Å². The Labute approximate surface area is 173 Å². The summed E-state index contributed by atoms with van der Waals surface area (Å²) in [5.74, 6) is 0.520. The van der Waals surface area contributed by atoms with Gasteiger partial charge in [-0.1, -0.05) is 20.8 Å². The molecule has 6 heteroatoms. The molecule has 4 rings (SSSR count). The molecule has 0 radical (unpaired) electrons.